The van der Waals surface area contributed by atoms with Crippen molar-refractivity contribution in [2.24, 2.45) is 0 Å². The minimum Gasteiger partial charge on any atom is -0.453 e. The Morgan fingerprint density at radius 2 is 2.08 bits per heavy atom. The van der Waals surface area contributed by atoms with Crippen molar-refractivity contribution in [3.63, 3.8) is 0 Å². The smallest absolute Gasteiger partial charge is 0.411 e. The van der Waals surface area contributed by atoms with Gasteiger partial charge in [0.15, 0.2) is 0 Å². The second kappa shape index (κ2) is 11.0. The molecule has 4 aromatic rings. The number of nitrogens with one attached hydrogen (secondary N) is 4. The first-order valence-electron chi connectivity index (χ1n) is 11.4. The number of aromatic nitrogens is 6. The standard InChI is InChI=1S/C25H20ClN9O4/c1-39-25(38)29-16-4-5-17-19(11-16)31-23(37)9-6-18(24-27-12-20(17)32-24)30-22(36)8-2-14-10-15(26)3-7-21(14)35-13-28-33-34-35/h2-13,18H,1H3,(H,27,32)(H,29,38)(H,30,36)(H,31,37)/b8-2+,9-6-. The van der Waals surface area contributed by atoms with Crippen molar-refractivity contribution in [1.29, 1.82) is 0 Å². The molecule has 2 bridgehead atoms. The molecule has 3 heterocycles. The Balaban J connectivity index is 1.38. The Morgan fingerprint density at radius 1 is 1.21 bits per heavy atom. The summed E-state index contributed by atoms with van der Waals surface area (Å²) in [6.07, 6.45) is 8.17. The Bertz CT molecular complexity index is 1610. The number of halogens is 1. The summed E-state index contributed by atoms with van der Waals surface area (Å²) in [6.45, 7) is 0. The molecule has 1 aliphatic heterocycles. The van der Waals surface area contributed by atoms with Crippen LogP contribution in [0, 0.1) is 0 Å². The molecule has 4 N–H and O–H groups in total. The topological polar surface area (TPSA) is 169 Å². The molecular weight excluding hydrogens is 526 g/mol. The fraction of sp³-hybridized carbons (Fsp3) is 0.0800. The van der Waals surface area contributed by atoms with Gasteiger partial charge < -0.3 is 20.4 Å². The fourth-order valence-electron chi connectivity index (χ4n) is 3.82. The highest BCUT2D eigenvalue weighted by molar-refractivity contribution is 6.30. The predicted octanol–water partition coefficient (Wildman–Crippen LogP) is 3.26. The lowest BCUT2D eigenvalue weighted by atomic mass is 10.1. The van der Waals surface area contributed by atoms with Gasteiger partial charge in [-0.3, -0.25) is 14.9 Å². The van der Waals surface area contributed by atoms with E-state index in [-0.39, 0.29) is 0 Å². The molecule has 3 amide bonds. The molecule has 1 unspecified atom stereocenters. The van der Waals surface area contributed by atoms with Crippen molar-refractivity contribution in [3.05, 3.63) is 83.6 Å². The van der Waals surface area contributed by atoms with Crippen LogP contribution in [0.15, 0.2) is 67.2 Å². The number of aromatic amines is 1. The van der Waals surface area contributed by atoms with E-state index in [1.165, 1.54) is 36.3 Å². The minimum absolute atomic E-state index is 0.414. The third-order valence-corrected chi connectivity index (χ3v) is 5.85. The molecule has 0 fully saturated rings. The number of rotatable bonds is 5. The van der Waals surface area contributed by atoms with E-state index in [1.807, 2.05) is 0 Å². The molecular formula is C25H20ClN9O4. The summed E-state index contributed by atoms with van der Waals surface area (Å²) in [5.74, 6) is -0.465. The van der Waals surface area contributed by atoms with Gasteiger partial charge in [0.05, 0.1) is 24.2 Å². The molecule has 5 rings (SSSR count). The summed E-state index contributed by atoms with van der Waals surface area (Å²) in [6, 6.07) is 9.32. The molecule has 2 aromatic carbocycles. The second-order valence-corrected chi connectivity index (χ2v) is 8.61. The van der Waals surface area contributed by atoms with Crippen LogP contribution in [-0.4, -0.2) is 55.2 Å². The molecule has 0 aliphatic carbocycles. The van der Waals surface area contributed by atoms with Crippen LogP contribution in [0.5, 0.6) is 0 Å². The van der Waals surface area contributed by atoms with Crippen LogP contribution < -0.4 is 16.0 Å². The van der Waals surface area contributed by atoms with Gasteiger partial charge in [-0.2, -0.15) is 4.68 Å². The van der Waals surface area contributed by atoms with Crippen molar-refractivity contribution in [3.8, 4) is 16.9 Å². The number of hydrogen-bond acceptors (Lipinski definition) is 8. The molecule has 0 saturated carbocycles. The van der Waals surface area contributed by atoms with Gasteiger partial charge in [0.25, 0.3) is 0 Å². The van der Waals surface area contributed by atoms with Gasteiger partial charge >= 0.3 is 6.09 Å². The predicted molar refractivity (Wildman–Crippen MR) is 142 cm³/mol. The third-order valence-electron chi connectivity index (χ3n) is 5.61. The zero-order valence-electron chi connectivity index (χ0n) is 20.3. The number of carbonyl (C=O) groups excluding carboxylic acids is 3. The van der Waals surface area contributed by atoms with Gasteiger partial charge in [0.1, 0.15) is 18.2 Å². The number of tetrazole rings is 1. The average Bonchev–Trinajstić information content (AvgIpc) is 3.63. The number of fused-ring (bicyclic) bond motifs is 4. The van der Waals surface area contributed by atoms with Gasteiger partial charge in [-0.1, -0.05) is 11.6 Å². The number of anilines is 2. The molecule has 0 saturated heterocycles. The number of amides is 3. The highest BCUT2D eigenvalue weighted by atomic mass is 35.5. The summed E-state index contributed by atoms with van der Waals surface area (Å²) >= 11 is 6.14. The lowest BCUT2D eigenvalue weighted by Gasteiger charge is -2.14. The van der Waals surface area contributed by atoms with Crippen molar-refractivity contribution in [2.45, 2.75) is 6.04 Å². The van der Waals surface area contributed by atoms with Crippen LogP contribution >= 0.6 is 11.6 Å². The Morgan fingerprint density at radius 3 is 2.87 bits per heavy atom. The number of hydrogen-bond donors (Lipinski definition) is 4. The molecule has 39 heavy (non-hydrogen) atoms. The Kier molecular flexibility index (Phi) is 7.14. The number of imidazole rings is 1. The van der Waals surface area contributed by atoms with Gasteiger partial charge in [-0.05, 0) is 59.0 Å². The lowest BCUT2D eigenvalue weighted by Crippen LogP contribution is -2.27. The first-order valence-corrected chi connectivity index (χ1v) is 11.8. The fourth-order valence-corrected chi connectivity index (χ4v) is 4.00. The van der Waals surface area contributed by atoms with Crippen LogP contribution in [0.3, 0.4) is 0 Å². The first-order chi connectivity index (χ1) is 18.9. The quantitative estimate of drug-likeness (QED) is 0.277. The maximum Gasteiger partial charge on any atom is 0.411 e. The van der Waals surface area contributed by atoms with Gasteiger partial charge in [-0.25, -0.2) is 9.78 Å². The monoisotopic (exact) mass is 545 g/mol. The maximum absolute atomic E-state index is 12.9. The normalized spacial score (nSPS) is 15.2. The number of ether oxygens (including phenoxy) is 1. The van der Waals surface area contributed by atoms with Gasteiger partial charge in [-0.15, -0.1) is 5.10 Å². The Hall–Kier alpha value is -5.30. The SMILES string of the molecule is COC(=O)Nc1ccc2c(c1)NC(=O)/C=C\C(NC(=O)/C=C/c1cc(Cl)ccc1-n1cnnn1)c1nc-2c[nH]1. The van der Waals surface area contributed by atoms with Gasteiger partial charge in [0, 0.05) is 40.2 Å². The van der Waals surface area contributed by atoms with E-state index >= 15 is 0 Å². The summed E-state index contributed by atoms with van der Waals surface area (Å²) in [5.41, 5.74) is 3.24. The lowest BCUT2D eigenvalue weighted by molar-refractivity contribution is -0.117. The molecule has 1 aliphatic rings. The van der Waals surface area contributed by atoms with E-state index in [0.29, 0.717) is 44.7 Å². The van der Waals surface area contributed by atoms with Crippen molar-refractivity contribution in [2.75, 3.05) is 17.7 Å². The molecule has 0 radical (unpaired) electrons. The zero-order chi connectivity index (χ0) is 27.4. The van der Waals surface area contributed by atoms with Crippen molar-refractivity contribution >= 4 is 47.0 Å². The van der Waals surface area contributed by atoms with Crippen molar-refractivity contribution in [1.82, 2.24) is 35.5 Å². The van der Waals surface area contributed by atoms with Crippen LogP contribution in [0.4, 0.5) is 16.2 Å². The molecule has 14 heteroatoms. The summed E-state index contributed by atoms with van der Waals surface area (Å²) in [7, 11) is 1.25. The largest absolute Gasteiger partial charge is 0.453 e. The Labute approximate surface area is 225 Å². The third kappa shape index (κ3) is 5.83. The average molecular weight is 546 g/mol. The molecule has 13 nitrogen and oxygen atoms in total. The molecule has 0 spiro atoms. The number of H-pyrrole nitrogens is 1. The van der Waals surface area contributed by atoms with E-state index in [2.05, 4.69) is 46.2 Å². The van der Waals surface area contributed by atoms with E-state index in [9.17, 15) is 14.4 Å². The zero-order valence-corrected chi connectivity index (χ0v) is 21.0. The second-order valence-electron chi connectivity index (χ2n) is 8.17. The maximum atomic E-state index is 12.9. The highest BCUT2D eigenvalue weighted by Gasteiger charge is 2.19. The van der Waals surface area contributed by atoms with E-state index in [4.69, 9.17) is 11.6 Å². The summed E-state index contributed by atoms with van der Waals surface area (Å²) in [4.78, 5) is 44.8. The summed E-state index contributed by atoms with van der Waals surface area (Å²) in [5, 5.41) is 19.8. The first kappa shape index (κ1) is 25.4. The van der Waals surface area contributed by atoms with E-state index < -0.39 is 23.9 Å². The number of benzene rings is 2. The molecule has 196 valence electrons. The summed E-state index contributed by atoms with van der Waals surface area (Å²) < 4.78 is 6.07. The minimum atomic E-state index is -0.734. The molecule has 2 aromatic heterocycles. The van der Waals surface area contributed by atoms with Crippen LogP contribution in [0.25, 0.3) is 23.0 Å². The number of carbonyl (C=O) groups is 3. The number of nitrogens with zero attached hydrogens (tertiary/aromatic N) is 5. The molecule has 1 atom stereocenters. The van der Waals surface area contributed by atoms with E-state index in [1.54, 1.807) is 48.7 Å². The van der Waals surface area contributed by atoms with Crippen molar-refractivity contribution < 1.29 is 19.1 Å². The van der Waals surface area contributed by atoms with Crippen LogP contribution in [0.2, 0.25) is 5.02 Å². The highest BCUT2D eigenvalue weighted by Crippen LogP contribution is 2.31. The van der Waals surface area contributed by atoms with Gasteiger partial charge in [0.2, 0.25) is 11.8 Å². The van der Waals surface area contributed by atoms with Crippen LogP contribution in [-0.2, 0) is 14.3 Å². The van der Waals surface area contributed by atoms with Crippen LogP contribution in [0.1, 0.15) is 17.4 Å². The van der Waals surface area contributed by atoms with E-state index in [0.717, 1.165) is 0 Å². The number of methoxy groups -OCH3 is 1.